The molecular weight excluding hydrogens is 256 g/mol. The molecule has 1 aliphatic heterocycles. The summed E-state index contributed by atoms with van der Waals surface area (Å²) >= 11 is 0. The number of aliphatic hydroxyl groups excluding tert-OH is 1. The van der Waals surface area contributed by atoms with E-state index in [0.717, 1.165) is 25.8 Å². The predicted octanol–water partition coefficient (Wildman–Crippen LogP) is 1.01. The zero-order chi connectivity index (χ0) is 14.5. The molecule has 1 aliphatic rings. The Morgan fingerprint density at radius 3 is 3.00 bits per heavy atom. The van der Waals surface area contributed by atoms with Crippen LogP contribution in [-0.4, -0.2) is 41.4 Å². The Bertz CT molecular complexity index is 476. The fourth-order valence-corrected chi connectivity index (χ4v) is 2.61. The Hall–Kier alpha value is -1.59. The summed E-state index contributed by atoms with van der Waals surface area (Å²) in [6.45, 7) is 2.57. The van der Waals surface area contributed by atoms with Crippen molar-refractivity contribution < 1.29 is 15.0 Å². The highest BCUT2D eigenvalue weighted by Gasteiger charge is 2.18. The number of hydrogen-bond acceptors (Lipinski definition) is 4. The summed E-state index contributed by atoms with van der Waals surface area (Å²) < 4.78 is 0. The second-order valence-electron chi connectivity index (χ2n) is 5.37. The highest BCUT2D eigenvalue weighted by molar-refractivity contribution is 5.73. The van der Waals surface area contributed by atoms with Crippen LogP contribution in [-0.2, 0) is 17.6 Å². The van der Waals surface area contributed by atoms with E-state index in [1.165, 1.54) is 16.8 Å². The van der Waals surface area contributed by atoms with Crippen molar-refractivity contribution in [2.24, 2.45) is 0 Å². The van der Waals surface area contributed by atoms with E-state index in [-0.39, 0.29) is 6.04 Å². The van der Waals surface area contributed by atoms with Gasteiger partial charge in [0, 0.05) is 18.3 Å². The van der Waals surface area contributed by atoms with Gasteiger partial charge in [0.15, 0.2) is 0 Å². The summed E-state index contributed by atoms with van der Waals surface area (Å²) in [7, 11) is 0. The minimum atomic E-state index is -1.02. The second kappa shape index (κ2) is 6.72. The molecule has 0 spiro atoms. The van der Waals surface area contributed by atoms with Gasteiger partial charge in [-0.3, -0.25) is 10.1 Å². The fraction of sp³-hybridized carbons (Fsp3) is 0.533. The van der Waals surface area contributed by atoms with Crippen LogP contribution in [0.2, 0.25) is 0 Å². The Labute approximate surface area is 119 Å². The Kier molecular flexibility index (Phi) is 4.98. The van der Waals surface area contributed by atoms with Crippen LogP contribution in [0.15, 0.2) is 18.2 Å². The minimum absolute atomic E-state index is 0.00199. The Balaban J connectivity index is 1.97. The molecule has 5 nitrogen and oxygen atoms in total. The maximum Gasteiger partial charge on any atom is 0.323 e. The van der Waals surface area contributed by atoms with Crippen LogP contribution >= 0.6 is 0 Å². The summed E-state index contributed by atoms with van der Waals surface area (Å²) in [5, 5.41) is 24.2. The van der Waals surface area contributed by atoms with E-state index in [2.05, 4.69) is 28.8 Å². The van der Waals surface area contributed by atoms with Crippen LogP contribution in [0.5, 0.6) is 0 Å². The summed E-state index contributed by atoms with van der Waals surface area (Å²) in [5.74, 6) is -1.02. The molecule has 110 valence electrons. The van der Waals surface area contributed by atoms with Gasteiger partial charge in [0.2, 0.25) is 0 Å². The first-order chi connectivity index (χ1) is 9.60. The number of rotatable bonds is 6. The zero-order valence-electron chi connectivity index (χ0n) is 11.7. The number of aliphatic carboxylic acids is 1. The van der Waals surface area contributed by atoms with E-state index in [1.807, 2.05) is 6.92 Å². The van der Waals surface area contributed by atoms with E-state index < -0.39 is 18.6 Å². The van der Waals surface area contributed by atoms with Gasteiger partial charge in [-0.15, -0.1) is 0 Å². The molecule has 1 heterocycles. The number of nitrogens with one attached hydrogen (secondary N) is 2. The summed E-state index contributed by atoms with van der Waals surface area (Å²) in [5.41, 5.74) is 3.73. The number of anilines is 1. The SMILES string of the molecule is CC(Cc1ccc2c(c1)CCCN2)NC(CO)C(=O)O. The fourth-order valence-electron chi connectivity index (χ4n) is 2.61. The number of carboxylic acids is 1. The standard InChI is InChI=1S/C15H22N2O3/c1-10(17-14(9-18)15(19)20)7-11-4-5-13-12(8-11)3-2-6-16-13/h4-5,8,10,14,16-18H,2-3,6-7,9H2,1H3,(H,19,20). The molecule has 2 unspecified atom stereocenters. The van der Waals surface area contributed by atoms with Crippen LogP contribution in [0.4, 0.5) is 5.69 Å². The lowest BCUT2D eigenvalue weighted by molar-refractivity contribution is -0.140. The molecule has 0 saturated carbocycles. The zero-order valence-corrected chi connectivity index (χ0v) is 11.7. The first kappa shape index (κ1) is 14.8. The van der Waals surface area contributed by atoms with Gasteiger partial charge >= 0.3 is 5.97 Å². The maximum atomic E-state index is 10.9. The molecular formula is C15H22N2O3. The summed E-state index contributed by atoms with van der Waals surface area (Å²) in [4.78, 5) is 10.9. The topological polar surface area (TPSA) is 81.6 Å². The molecule has 0 saturated heterocycles. The lowest BCUT2D eigenvalue weighted by Crippen LogP contribution is -2.45. The van der Waals surface area contributed by atoms with Gasteiger partial charge in [0.05, 0.1) is 6.61 Å². The van der Waals surface area contributed by atoms with Crippen molar-refractivity contribution in [3.05, 3.63) is 29.3 Å². The molecule has 4 N–H and O–H groups in total. The number of benzene rings is 1. The third-order valence-corrected chi connectivity index (χ3v) is 3.62. The molecule has 2 atom stereocenters. The summed E-state index contributed by atoms with van der Waals surface area (Å²) in [6.07, 6.45) is 2.99. The average molecular weight is 278 g/mol. The van der Waals surface area contributed by atoms with Crippen LogP contribution in [0.3, 0.4) is 0 Å². The van der Waals surface area contributed by atoms with Crippen molar-refractivity contribution in [1.82, 2.24) is 5.32 Å². The van der Waals surface area contributed by atoms with Crippen molar-refractivity contribution in [1.29, 1.82) is 0 Å². The van der Waals surface area contributed by atoms with Crippen LogP contribution in [0, 0.1) is 0 Å². The van der Waals surface area contributed by atoms with Crippen molar-refractivity contribution in [3.8, 4) is 0 Å². The number of fused-ring (bicyclic) bond motifs is 1. The van der Waals surface area contributed by atoms with Gasteiger partial charge in [-0.1, -0.05) is 12.1 Å². The number of carbonyl (C=O) groups is 1. The third-order valence-electron chi connectivity index (χ3n) is 3.62. The molecule has 0 amide bonds. The van der Waals surface area contributed by atoms with Gasteiger partial charge in [-0.2, -0.15) is 0 Å². The molecule has 0 fully saturated rings. The van der Waals surface area contributed by atoms with Gasteiger partial charge in [0.25, 0.3) is 0 Å². The first-order valence-corrected chi connectivity index (χ1v) is 7.05. The highest BCUT2D eigenvalue weighted by Crippen LogP contribution is 2.23. The molecule has 1 aromatic rings. The van der Waals surface area contributed by atoms with Crippen molar-refractivity contribution in [2.75, 3.05) is 18.5 Å². The molecule has 1 aromatic carbocycles. The average Bonchev–Trinajstić information content (AvgIpc) is 2.44. The smallest absolute Gasteiger partial charge is 0.323 e. The van der Waals surface area contributed by atoms with Gasteiger partial charge < -0.3 is 15.5 Å². The number of aryl methyl sites for hydroxylation is 1. The molecule has 0 bridgehead atoms. The quantitative estimate of drug-likeness (QED) is 0.624. The Morgan fingerprint density at radius 2 is 2.30 bits per heavy atom. The van der Waals surface area contributed by atoms with E-state index in [0.29, 0.717) is 0 Å². The lowest BCUT2D eigenvalue weighted by atomic mass is 9.98. The summed E-state index contributed by atoms with van der Waals surface area (Å²) in [6, 6.07) is 5.46. The van der Waals surface area contributed by atoms with Gasteiger partial charge in [-0.25, -0.2) is 0 Å². The number of aliphatic hydroxyl groups is 1. The molecule has 0 aliphatic carbocycles. The minimum Gasteiger partial charge on any atom is -0.480 e. The predicted molar refractivity (Wildman–Crippen MR) is 78.1 cm³/mol. The van der Waals surface area contributed by atoms with Crippen molar-refractivity contribution >= 4 is 11.7 Å². The van der Waals surface area contributed by atoms with Crippen LogP contribution in [0.1, 0.15) is 24.5 Å². The monoisotopic (exact) mass is 278 g/mol. The van der Waals surface area contributed by atoms with Gasteiger partial charge in [0.1, 0.15) is 6.04 Å². The number of carboxylic acid groups (broad SMARTS) is 1. The van der Waals surface area contributed by atoms with Crippen molar-refractivity contribution in [3.63, 3.8) is 0 Å². The van der Waals surface area contributed by atoms with Crippen molar-refractivity contribution in [2.45, 2.75) is 38.3 Å². The van der Waals surface area contributed by atoms with Crippen LogP contribution in [0.25, 0.3) is 0 Å². The van der Waals surface area contributed by atoms with E-state index in [9.17, 15) is 4.79 Å². The van der Waals surface area contributed by atoms with E-state index in [1.54, 1.807) is 0 Å². The second-order valence-corrected chi connectivity index (χ2v) is 5.37. The molecule has 0 aromatic heterocycles. The van der Waals surface area contributed by atoms with E-state index in [4.69, 9.17) is 10.2 Å². The maximum absolute atomic E-state index is 10.9. The molecule has 2 rings (SSSR count). The van der Waals surface area contributed by atoms with Crippen LogP contribution < -0.4 is 10.6 Å². The highest BCUT2D eigenvalue weighted by atomic mass is 16.4. The normalized spacial score (nSPS) is 16.9. The largest absolute Gasteiger partial charge is 0.480 e. The third kappa shape index (κ3) is 3.71. The van der Waals surface area contributed by atoms with E-state index >= 15 is 0 Å². The van der Waals surface area contributed by atoms with Gasteiger partial charge in [-0.05, 0) is 43.4 Å². The first-order valence-electron chi connectivity index (χ1n) is 7.05. The Morgan fingerprint density at radius 1 is 1.50 bits per heavy atom. The molecule has 20 heavy (non-hydrogen) atoms. The molecule has 0 radical (unpaired) electrons. The lowest BCUT2D eigenvalue weighted by Gasteiger charge is -2.21. The number of hydrogen-bond donors (Lipinski definition) is 4. The molecule has 5 heteroatoms.